The Morgan fingerprint density at radius 1 is 1.48 bits per heavy atom. The minimum absolute atomic E-state index is 0.0123. The Hall–Kier alpha value is -1.01. The van der Waals surface area contributed by atoms with Gasteiger partial charge in [-0.2, -0.15) is 0 Å². The van der Waals surface area contributed by atoms with Gasteiger partial charge < -0.3 is 14.4 Å². The van der Waals surface area contributed by atoms with Crippen LogP contribution in [0.1, 0.15) is 46.4 Å². The SMILES string of the molecule is COCC(C(C)C)n1c(C(C)(C)C)cnc1SCC(=O)O. The second kappa shape index (κ2) is 7.31. The van der Waals surface area contributed by atoms with E-state index in [4.69, 9.17) is 9.84 Å². The number of rotatable bonds is 7. The number of aromatic nitrogens is 2. The highest BCUT2D eigenvalue weighted by atomic mass is 32.2. The van der Waals surface area contributed by atoms with Crippen molar-refractivity contribution in [1.29, 1.82) is 0 Å². The van der Waals surface area contributed by atoms with Gasteiger partial charge in [-0.25, -0.2) is 4.98 Å². The molecule has 0 aromatic carbocycles. The van der Waals surface area contributed by atoms with Crippen LogP contribution in [0.15, 0.2) is 11.4 Å². The number of hydrogen-bond acceptors (Lipinski definition) is 4. The highest BCUT2D eigenvalue weighted by Gasteiger charge is 2.28. The topological polar surface area (TPSA) is 64.4 Å². The molecule has 0 amide bonds. The fraction of sp³-hybridized carbons (Fsp3) is 0.733. The Bertz CT molecular complexity index is 478. The lowest BCUT2D eigenvalue weighted by atomic mass is 9.91. The van der Waals surface area contributed by atoms with Crippen LogP contribution < -0.4 is 0 Å². The summed E-state index contributed by atoms with van der Waals surface area (Å²) in [6.45, 7) is 11.3. The first-order valence-electron chi connectivity index (χ1n) is 7.09. The van der Waals surface area contributed by atoms with E-state index >= 15 is 0 Å². The number of hydrogen-bond donors (Lipinski definition) is 1. The van der Waals surface area contributed by atoms with Crippen molar-refractivity contribution in [1.82, 2.24) is 9.55 Å². The fourth-order valence-corrected chi connectivity index (χ4v) is 2.94. The van der Waals surface area contributed by atoms with Crippen molar-refractivity contribution in [2.24, 2.45) is 5.92 Å². The highest BCUT2D eigenvalue weighted by Crippen LogP contribution is 2.33. The van der Waals surface area contributed by atoms with Crippen molar-refractivity contribution in [3.63, 3.8) is 0 Å². The minimum atomic E-state index is -0.834. The van der Waals surface area contributed by atoms with E-state index in [9.17, 15) is 4.79 Å². The second-order valence-corrected chi connectivity index (χ2v) is 7.44. The second-order valence-electron chi connectivity index (χ2n) is 6.50. The summed E-state index contributed by atoms with van der Waals surface area (Å²) in [6.07, 6.45) is 1.86. The standard InChI is InChI=1S/C15H26N2O3S/c1-10(2)11(8-20-6)17-12(15(3,4)5)7-16-14(17)21-9-13(18)19/h7,10-11H,8-9H2,1-6H3,(H,18,19). The van der Waals surface area contributed by atoms with E-state index in [1.807, 2.05) is 6.20 Å². The molecule has 120 valence electrons. The predicted octanol–water partition coefficient (Wildman–Crippen LogP) is 3.20. The first-order chi connectivity index (χ1) is 9.68. The molecule has 0 aliphatic heterocycles. The van der Waals surface area contributed by atoms with Crippen molar-refractivity contribution in [2.75, 3.05) is 19.5 Å². The van der Waals surface area contributed by atoms with Crippen LogP contribution in [0.5, 0.6) is 0 Å². The first kappa shape index (κ1) is 18.0. The molecule has 1 atom stereocenters. The maximum absolute atomic E-state index is 10.8. The molecule has 1 unspecified atom stereocenters. The lowest BCUT2D eigenvalue weighted by Crippen LogP contribution is -2.27. The zero-order valence-electron chi connectivity index (χ0n) is 13.7. The number of ether oxygens (including phenoxy) is 1. The van der Waals surface area contributed by atoms with Crippen LogP contribution >= 0.6 is 11.8 Å². The molecule has 6 heteroatoms. The number of carbonyl (C=O) groups is 1. The minimum Gasteiger partial charge on any atom is -0.481 e. The van der Waals surface area contributed by atoms with Gasteiger partial charge in [-0.05, 0) is 5.92 Å². The van der Waals surface area contributed by atoms with E-state index in [0.29, 0.717) is 12.5 Å². The van der Waals surface area contributed by atoms with Gasteiger partial charge in [-0.15, -0.1) is 0 Å². The van der Waals surface area contributed by atoms with Crippen molar-refractivity contribution in [3.05, 3.63) is 11.9 Å². The summed E-state index contributed by atoms with van der Waals surface area (Å²) in [5, 5.41) is 9.65. The molecule has 5 nitrogen and oxygen atoms in total. The van der Waals surface area contributed by atoms with E-state index in [1.54, 1.807) is 7.11 Å². The monoisotopic (exact) mass is 314 g/mol. The highest BCUT2D eigenvalue weighted by molar-refractivity contribution is 7.99. The predicted molar refractivity (Wildman–Crippen MR) is 85.0 cm³/mol. The van der Waals surface area contributed by atoms with Crippen LogP contribution in [0, 0.1) is 5.92 Å². The maximum Gasteiger partial charge on any atom is 0.313 e. The van der Waals surface area contributed by atoms with E-state index in [0.717, 1.165) is 10.9 Å². The average Bonchev–Trinajstić information content (AvgIpc) is 2.76. The van der Waals surface area contributed by atoms with Crippen molar-refractivity contribution in [2.45, 2.75) is 51.2 Å². The summed E-state index contributed by atoms with van der Waals surface area (Å²) in [7, 11) is 1.69. The normalized spacial score (nSPS) is 13.7. The molecule has 1 aromatic rings. The molecule has 1 rings (SSSR count). The third-order valence-corrected chi connectivity index (χ3v) is 4.25. The van der Waals surface area contributed by atoms with E-state index in [2.05, 4.69) is 44.2 Å². The van der Waals surface area contributed by atoms with E-state index in [1.165, 1.54) is 11.8 Å². The number of methoxy groups -OCH3 is 1. The first-order valence-corrected chi connectivity index (χ1v) is 8.08. The molecule has 0 aliphatic carbocycles. The molecule has 1 N–H and O–H groups in total. The summed E-state index contributed by atoms with van der Waals surface area (Å²) >= 11 is 1.26. The van der Waals surface area contributed by atoms with Gasteiger partial charge in [-0.1, -0.05) is 46.4 Å². The van der Waals surface area contributed by atoms with Crippen LogP contribution in [0.25, 0.3) is 0 Å². The zero-order chi connectivity index (χ0) is 16.2. The summed E-state index contributed by atoms with van der Waals surface area (Å²) in [5.74, 6) is -0.456. The van der Waals surface area contributed by atoms with Gasteiger partial charge in [0.05, 0.1) is 18.4 Å². The lowest BCUT2D eigenvalue weighted by Gasteiger charge is -2.30. The van der Waals surface area contributed by atoms with Crippen molar-refractivity contribution >= 4 is 17.7 Å². The van der Waals surface area contributed by atoms with Gasteiger partial charge in [0.25, 0.3) is 0 Å². The molecule has 0 bridgehead atoms. The molecule has 1 heterocycles. The Morgan fingerprint density at radius 3 is 2.52 bits per heavy atom. The zero-order valence-corrected chi connectivity index (χ0v) is 14.5. The number of thioether (sulfide) groups is 1. The van der Waals surface area contributed by atoms with Gasteiger partial charge in [0, 0.05) is 24.4 Å². The Kier molecular flexibility index (Phi) is 6.28. The number of carboxylic acid groups (broad SMARTS) is 1. The summed E-state index contributed by atoms with van der Waals surface area (Å²) in [6, 6.07) is 0.142. The number of aliphatic carboxylic acids is 1. The molecular formula is C15H26N2O3S. The largest absolute Gasteiger partial charge is 0.481 e. The molecule has 21 heavy (non-hydrogen) atoms. The molecule has 0 saturated carbocycles. The van der Waals surface area contributed by atoms with Crippen LogP contribution in [-0.4, -0.2) is 40.1 Å². The number of carboxylic acids is 1. The summed E-state index contributed by atoms with van der Waals surface area (Å²) < 4.78 is 7.52. The van der Waals surface area contributed by atoms with Gasteiger partial charge >= 0.3 is 5.97 Å². The molecule has 0 aliphatic rings. The van der Waals surface area contributed by atoms with Crippen LogP contribution in [0.2, 0.25) is 0 Å². The molecular weight excluding hydrogens is 288 g/mol. The van der Waals surface area contributed by atoms with Crippen LogP contribution in [-0.2, 0) is 14.9 Å². The van der Waals surface area contributed by atoms with Gasteiger partial charge in [0.15, 0.2) is 5.16 Å². The van der Waals surface area contributed by atoms with Crippen molar-refractivity contribution in [3.8, 4) is 0 Å². The quantitative estimate of drug-likeness (QED) is 0.783. The van der Waals surface area contributed by atoms with Gasteiger partial charge in [-0.3, -0.25) is 4.79 Å². The average molecular weight is 314 g/mol. The summed E-state index contributed by atoms with van der Waals surface area (Å²) in [5.41, 5.74) is 1.04. The molecule has 0 fully saturated rings. The Labute approximate surface area is 131 Å². The Balaban J connectivity index is 3.26. The van der Waals surface area contributed by atoms with E-state index in [-0.39, 0.29) is 17.2 Å². The van der Waals surface area contributed by atoms with E-state index < -0.39 is 5.97 Å². The van der Waals surface area contributed by atoms with Crippen LogP contribution in [0.3, 0.4) is 0 Å². The van der Waals surface area contributed by atoms with Gasteiger partial charge in [0.2, 0.25) is 0 Å². The fourth-order valence-electron chi connectivity index (χ4n) is 2.19. The number of nitrogens with zero attached hydrogens (tertiary/aromatic N) is 2. The lowest BCUT2D eigenvalue weighted by molar-refractivity contribution is -0.133. The molecule has 0 spiro atoms. The third kappa shape index (κ3) is 4.74. The smallest absolute Gasteiger partial charge is 0.313 e. The molecule has 0 saturated heterocycles. The Morgan fingerprint density at radius 2 is 2.10 bits per heavy atom. The van der Waals surface area contributed by atoms with Crippen LogP contribution in [0.4, 0.5) is 0 Å². The third-order valence-electron chi connectivity index (χ3n) is 3.29. The van der Waals surface area contributed by atoms with Crippen molar-refractivity contribution < 1.29 is 14.6 Å². The molecule has 1 aromatic heterocycles. The summed E-state index contributed by atoms with van der Waals surface area (Å²) in [4.78, 5) is 15.3. The van der Waals surface area contributed by atoms with Gasteiger partial charge in [0.1, 0.15) is 0 Å². The number of imidazole rings is 1. The molecule has 0 radical (unpaired) electrons. The maximum atomic E-state index is 10.8.